The van der Waals surface area contributed by atoms with Gasteiger partial charge in [0.15, 0.2) is 0 Å². The Morgan fingerprint density at radius 3 is 3.13 bits per heavy atom. The van der Waals surface area contributed by atoms with E-state index in [1.165, 1.54) is 0 Å². The van der Waals surface area contributed by atoms with Crippen LogP contribution in [0, 0.1) is 17.2 Å². The highest BCUT2D eigenvalue weighted by Gasteiger charge is 2.29. The van der Waals surface area contributed by atoms with Gasteiger partial charge in [0.1, 0.15) is 12.2 Å². The van der Waals surface area contributed by atoms with Crippen LogP contribution in [0.5, 0.6) is 0 Å². The Kier molecular flexibility index (Phi) is 2.35. The van der Waals surface area contributed by atoms with Gasteiger partial charge in [0, 0.05) is 11.9 Å². The Morgan fingerprint density at radius 1 is 1.67 bits per heavy atom. The average molecular weight is 201 g/mol. The Bertz CT molecular complexity index is 424. The first-order valence-electron chi connectivity index (χ1n) is 4.63. The third-order valence-electron chi connectivity index (χ3n) is 2.54. The number of rotatable bonds is 1. The number of nitrogens with zero attached hydrogens (tertiary/aromatic N) is 3. The van der Waals surface area contributed by atoms with E-state index in [4.69, 9.17) is 5.26 Å². The standard InChI is InChI=1S/C10H11N5/c1-3-8-6(2)7-5-12-9(4-11)13-10(7)15-14-8/h3,5,7,10,14-15H,1H2,2H3/t7?,10-/m1/s1. The second kappa shape index (κ2) is 3.67. The van der Waals surface area contributed by atoms with E-state index < -0.39 is 0 Å². The lowest BCUT2D eigenvalue weighted by atomic mass is 9.94. The fraction of sp³-hybridized carbons (Fsp3) is 0.300. The summed E-state index contributed by atoms with van der Waals surface area (Å²) in [5.74, 6) is 0.303. The molecule has 2 N–H and O–H groups in total. The number of allylic oxidation sites excluding steroid dienone is 1. The lowest BCUT2D eigenvalue weighted by Gasteiger charge is -2.32. The molecule has 0 spiro atoms. The molecule has 0 saturated carbocycles. The van der Waals surface area contributed by atoms with Crippen molar-refractivity contribution in [3.05, 3.63) is 23.9 Å². The van der Waals surface area contributed by atoms with Gasteiger partial charge in [0.05, 0.1) is 5.92 Å². The maximum atomic E-state index is 8.67. The molecule has 0 fully saturated rings. The summed E-state index contributed by atoms with van der Waals surface area (Å²) in [4.78, 5) is 8.14. The van der Waals surface area contributed by atoms with E-state index in [9.17, 15) is 0 Å². The van der Waals surface area contributed by atoms with Crippen LogP contribution in [0.1, 0.15) is 6.92 Å². The summed E-state index contributed by atoms with van der Waals surface area (Å²) in [5, 5.41) is 8.67. The zero-order chi connectivity index (χ0) is 10.8. The largest absolute Gasteiger partial charge is 0.320 e. The van der Waals surface area contributed by atoms with E-state index in [-0.39, 0.29) is 17.9 Å². The fourth-order valence-electron chi connectivity index (χ4n) is 1.65. The van der Waals surface area contributed by atoms with Gasteiger partial charge in [-0.1, -0.05) is 6.58 Å². The van der Waals surface area contributed by atoms with Crippen molar-refractivity contribution in [1.29, 1.82) is 5.26 Å². The van der Waals surface area contributed by atoms with E-state index in [2.05, 4.69) is 27.4 Å². The van der Waals surface area contributed by atoms with Gasteiger partial charge in [0.2, 0.25) is 5.84 Å². The molecule has 0 aromatic rings. The van der Waals surface area contributed by atoms with Gasteiger partial charge in [-0.05, 0) is 18.6 Å². The molecule has 2 heterocycles. The number of nitrogens with one attached hydrogen (secondary N) is 2. The van der Waals surface area contributed by atoms with E-state index in [1.54, 1.807) is 12.3 Å². The summed E-state index contributed by atoms with van der Waals surface area (Å²) in [7, 11) is 0. The number of hydrazine groups is 1. The number of aliphatic imine (C=N–C) groups is 2. The molecule has 0 radical (unpaired) electrons. The van der Waals surface area contributed by atoms with Crippen LogP contribution in [-0.2, 0) is 0 Å². The van der Waals surface area contributed by atoms with Crippen molar-refractivity contribution in [2.75, 3.05) is 0 Å². The lowest BCUT2D eigenvalue weighted by molar-refractivity contribution is 0.404. The summed E-state index contributed by atoms with van der Waals surface area (Å²) in [6, 6.07) is 1.93. The molecule has 2 atom stereocenters. The molecular formula is C10H11N5. The molecule has 0 aliphatic carbocycles. The first-order chi connectivity index (χ1) is 7.26. The average Bonchev–Trinajstić information content (AvgIpc) is 2.29. The third kappa shape index (κ3) is 1.55. The molecule has 5 heteroatoms. The summed E-state index contributed by atoms with van der Waals surface area (Å²) in [6.45, 7) is 5.71. The summed E-state index contributed by atoms with van der Waals surface area (Å²) in [5.41, 5.74) is 8.07. The van der Waals surface area contributed by atoms with Gasteiger partial charge >= 0.3 is 0 Å². The topological polar surface area (TPSA) is 72.6 Å². The third-order valence-corrected chi connectivity index (χ3v) is 2.54. The summed E-state index contributed by atoms with van der Waals surface area (Å²) < 4.78 is 0. The SMILES string of the molecule is C=CC1=C(C)C2C=NC(C#N)=N[C@@H]2NN1. The summed E-state index contributed by atoms with van der Waals surface area (Å²) >= 11 is 0. The molecule has 2 aliphatic rings. The Labute approximate surface area is 87.9 Å². The van der Waals surface area contributed by atoms with Crippen LogP contribution in [0.4, 0.5) is 0 Å². The van der Waals surface area contributed by atoms with E-state index >= 15 is 0 Å². The minimum atomic E-state index is -0.152. The van der Waals surface area contributed by atoms with E-state index in [0.717, 1.165) is 11.3 Å². The Hall–Kier alpha value is -1.93. The van der Waals surface area contributed by atoms with Crippen LogP contribution in [0.2, 0.25) is 0 Å². The zero-order valence-electron chi connectivity index (χ0n) is 8.36. The first kappa shape index (κ1) is 9.62. The minimum Gasteiger partial charge on any atom is -0.320 e. The number of amidine groups is 1. The van der Waals surface area contributed by atoms with Gasteiger partial charge < -0.3 is 5.43 Å². The van der Waals surface area contributed by atoms with Crippen LogP contribution in [0.3, 0.4) is 0 Å². The predicted molar refractivity (Wildman–Crippen MR) is 58.0 cm³/mol. The maximum Gasteiger partial charge on any atom is 0.228 e. The Balaban J connectivity index is 2.33. The van der Waals surface area contributed by atoms with Gasteiger partial charge in [-0.15, -0.1) is 0 Å². The van der Waals surface area contributed by atoms with Crippen molar-refractivity contribution < 1.29 is 0 Å². The van der Waals surface area contributed by atoms with Crippen molar-refractivity contribution in [2.24, 2.45) is 15.9 Å². The van der Waals surface area contributed by atoms with Crippen molar-refractivity contribution in [1.82, 2.24) is 10.9 Å². The van der Waals surface area contributed by atoms with Crippen molar-refractivity contribution in [2.45, 2.75) is 13.1 Å². The van der Waals surface area contributed by atoms with Crippen LogP contribution in [0.15, 0.2) is 33.9 Å². The molecule has 2 aliphatic heterocycles. The van der Waals surface area contributed by atoms with Crippen LogP contribution < -0.4 is 10.9 Å². The first-order valence-corrected chi connectivity index (χ1v) is 4.63. The molecule has 76 valence electrons. The molecule has 0 amide bonds. The zero-order valence-corrected chi connectivity index (χ0v) is 8.36. The molecule has 0 aromatic heterocycles. The minimum absolute atomic E-state index is 0.0938. The Morgan fingerprint density at radius 2 is 2.47 bits per heavy atom. The highest BCUT2D eigenvalue weighted by atomic mass is 15.4. The van der Waals surface area contributed by atoms with Gasteiger partial charge in [-0.25, -0.2) is 15.4 Å². The van der Waals surface area contributed by atoms with Crippen molar-refractivity contribution >= 4 is 12.1 Å². The van der Waals surface area contributed by atoms with E-state index in [0.29, 0.717) is 0 Å². The molecule has 1 unspecified atom stereocenters. The molecule has 0 bridgehead atoms. The van der Waals surface area contributed by atoms with Crippen molar-refractivity contribution in [3.8, 4) is 6.07 Å². The number of hydrogen-bond donors (Lipinski definition) is 2. The van der Waals surface area contributed by atoms with Crippen LogP contribution in [0.25, 0.3) is 0 Å². The lowest BCUT2D eigenvalue weighted by Crippen LogP contribution is -2.50. The number of hydrogen-bond acceptors (Lipinski definition) is 5. The summed E-state index contributed by atoms with van der Waals surface area (Å²) in [6.07, 6.45) is 3.35. The van der Waals surface area contributed by atoms with Crippen molar-refractivity contribution in [3.63, 3.8) is 0 Å². The smallest absolute Gasteiger partial charge is 0.228 e. The molecule has 2 rings (SSSR count). The fourth-order valence-corrected chi connectivity index (χ4v) is 1.65. The normalized spacial score (nSPS) is 28.7. The molecular weight excluding hydrogens is 190 g/mol. The van der Waals surface area contributed by atoms with Crippen LogP contribution >= 0.6 is 0 Å². The quantitative estimate of drug-likeness (QED) is 0.649. The molecule has 0 aromatic carbocycles. The highest BCUT2D eigenvalue weighted by Crippen LogP contribution is 2.23. The molecule has 15 heavy (non-hydrogen) atoms. The van der Waals surface area contributed by atoms with Crippen LogP contribution in [-0.4, -0.2) is 18.2 Å². The monoisotopic (exact) mass is 201 g/mol. The van der Waals surface area contributed by atoms with Gasteiger partial charge in [-0.3, -0.25) is 0 Å². The number of fused-ring (bicyclic) bond motifs is 1. The predicted octanol–water partition coefficient (Wildman–Crippen LogP) is 0.503. The van der Waals surface area contributed by atoms with Gasteiger partial charge in [-0.2, -0.15) is 5.26 Å². The molecule has 5 nitrogen and oxygen atoms in total. The second-order valence-electron chi connectivity index (χ2n) is 3.38. The maximum absolute atomic E-state index is 8.67. The van der Waals surface area contributed by atoms with Gasteiger partial charge in [0.25, 0.3) is 0 Å². The second-order valence-corrected chi connectivity index (χ2v) is 3.38. The van der Waals surface area contributed by atoms with E-state index in [1.807, 2.05) is 13.0 Å². The number of nitriles is 1. The highest BCUT2D eigenvalue weighted by molar-refractivity contribution is 6.03. The molecule has 0 saturated heterocycles.